The smallest absolute Gasteiger partial charge is 0.194 e. The van der Waals surface area contributed by atoms with Gasteiger partial charge in [0.15, 0.2) is 5.96 Å². The zero-order chi connectivity index (χ0) is 16.6. The van der Waals surface area contributed by atoms with Gasteiger partial charge in [-0.2, -0.15) is 0 Å². The number of hydrogen-bond acceptors (Lipinski definition) is 4. The SMILES string of the molecule is CN=C(NC1C2CCOC2C12CCCC2)N1CCOC(COC)C1. The Kier molecular flexibility index (Phi) is 4.71. The van der Waals surface area contributed by atoms with Gasteiger partial charge in [0, 0.05) is 51.2 Å². The molecule has 6 nitrogen and oxygen atoms in total. The number of rotatable bonds is 3. The van der Waals surface area contributed by atoms with E-state index in [2.05, 4.69) is 15.2 Å². The van der Waals surface area contributed by atoms with Crippen LogP contribution in [0.5, 0.6) is 0 Å². The van der Waals surface area contributed by atoms with Gasteiger partial charge in [-0.1, -0.05) is 12.8 Å². The molecular weight excluding hydrogens is 306 g/mol. The molecule has 4 unspecified atom stereocenters. The summed E-state index contributed by atoms with van der Waals surface area (Å²) in [5.41, 5.74) is 0.356. The molecule has 2 saturated carbocycles. The molecule has 0 aromatic rings. The van der Waals surface area contributed by atoms with Crippen molar-refractivity contribution < 1.29 is 14.2 Å². The molecule has 0 aromatic heterocycles. The van der Waals surface area contributed by atoms with Gasteiger partial charge in [-0.25, -0.2) is 0 Å². The van der Waals surface area contributed by atoms with E-state index < -0.39 is 0 Å². The fraction of sp³-hybridized carbons (Fsp3) is 0.944. The van der Waals surface area contributed by atoms with Crippen molar-refractivity contribution in [3.05, 3.63) is 0 Å². The van der Waals surface area contributed by atoms with Gasteiger partial charge in [0.05, 0.1) is 25.4 Å². The van der Waals surface area contributed by atoms with Crippen LogP contribution in [0.1, 0.15) is 32.1 Å². The first-order valence-corrected chi connectivity index (χ1v) is 9.49. The van der Waals surface area contributed by atoms with Gasteiger partial charge in [0.2, 0.25) is 0 Å². The van der Waals surface area contributed by atoms with Crippen LogP contribution in [0.25, 0.3) is 0 Å². The lowest BCUT2D eigenvalue weighted by molar-refractivity contribution is -0.126. The highest BCUT2D eigenvalue weighted by Gasteiger charge is 2.65. The molecule has 0 bridgehead atoms. The maximum absolute atomic E-state index is 6.10. The molecule has 136 valence electrons. The molecule has 2 saturated heterocycles. The van der Waals surface area contributed by atoms with E-state index in [0.29, 0.717) is 30.1 Å². The predicted molar refractivity (Wildman–Crippen MR) is 92.2 cm³/mol. The van der Waals surface area contributed by atoms with E-state index in [0.717, 1.165) is 32.3 Å². The Morgan fingerprint density at radius 3 is 2.88 bits per heavy atom. The minimum Gasteiger partial charge on any atom is -0.382 e. The van der Waals surface area contributed by atoms with Crippen molar-refractivity contribution in [1.29, 1.82) is 0 Å². The summed E-state index contributed by atoms with van der Waals surface area (Å²) >= 11 is 0. The predicted octanol–water partition coefficient (Wildman–Crippen LogP) is 1.26. The largest absolute Gasteiger partial charge is 0.382 e. The van der Waals surface area contributed by atoms with Gasteiger partial charge in [-0.15, -0.1) is 0 Å². The first-order chi connectivity index (χ1) is 11.8. The van der Waals surface area contributed by atoms with Crippen LogP contribution in [0, 0.1) is 11.3 Å². The molecule has 0 radical (unpaired) electrons. The van der Waals surface area contributed by atoms with Crippen LogP contribution in [-0.2, 0) is 14.2 Å². The van der Waals surface area contributed by atoms with E-state index in [1.807, 2.05) is 7.05 Å². The Morgan fingerprint density at radius 1 is 1.29 bits per heavy atom. The summed E-state index contributed by atoms with van der Waals surface area (Å²) in [6, 6.07) is 0.523. The standard InChI is InChI=1S/C18H31N3O3/c1-19-17(21-8-10-23-13(11-21)12-22-2)20-15-14-5-9-24-16(14)18(15)6-3-4-7-18/h13-16H,3-12H2,1-2H3,(H,19,20). The van der Waals surface area contributed by atoms with E-state index in [1.165, 1.54) is 32.1 Å². The van der Waals surface area contributed by atoms with Crippen LogP contribution in [0.2, 0.25) is 0 Å². The second-order valence-electron chi connectivity index (χ2n) is 7.75. The normalized spacial score (nSPS) is 38.2. The molecule has 2 aliphatic carbocycles. The number of methoxy groups -OCH3 is 1. The van der Waals surface area contributed by atoms with Crippen molar-refractivity contribution in [1.82, 2.24) is 10.2 Å². The molecule has 1 N–H and O–H groups in total. The highest BCUT2D eigenvalue weighted by Crippen LogP contribution is 2.60. The van der Waals surface area contributed by atoms with Crippen LogP contribution in [0.4, 0.5) is 0 Å². The third-order valence-electron chi connectivity index (χ3n) is 6.57. The molecule has 0 amide bonds. The van der Waals surface area contributed by atoms with Crippen LogP contribution < -0.4 is 5.32 Å². The number of guanidine groups is 1. The lowest BCUT2D eigenvalue weighted by Gasteiger charge is -2.57. The van der Waals surface area contributed by atoms with Crippen LogP contribution >= 0.6 is 0 Å². The van der Waals surface area contributed by atoms with Gasteiger partial charge < -0.3 is 24.4 Å². The quantitative estimate of drug-likeness (QED) is 0.621. The fourth-order valence-electron chi connectivity index (χ4n) is 5.54. The first kappa shape index (κ1) is 16.6. The molecule has 4 atom stereocenters. The molecule has 6 heteroatoms. The Balaban J connectivity index is 1.44. The first-order valence-electron chi connectivity index (χ1n) is 9.49. The minimum absolute atomic E-state index is 0.131. The highest BCUT2D eigenvalue weighted by atomic mass is 16.5. The van der Waals surface area contributed by atoms with Gasteiger partial charge in [0.25, 0.3) is 0 Å². The molecule has 4 rings (SSSR count). The second kappa shape index (κ2) is 6.81. The third-order valence-corrected chi connectivity index (χ3v) is 6.57. The number of fused-ring (bicyclic) bond motifs is 2. The van der Waals surface area contributed by atoms with E-state index in [-0.39, 0.29) is 6.10 Å². The Hall–Kier alpha value is -0.850. The summed E-state index contributed by atoms with van der Waals surface area (Å²) in [5.74, 6) is 1.69. The summed E-state index contributed by atoms with van der Waals surface area (Å²) in [6.45, 7) is 4.04. The van der Waals surface area contributed by atoms with Crippen LogP contribution in [-0.4, -0.2) is 76.2 Å². The lowest BCUT2D eigenvalue weighted by atomic mass is 9.54. The average molecular weight is 337 g/mol. The van der Waals surface area contributed by atoms with E-state index >= 15 is 0 Å². The van der Waals surface area contributed by atoms with E-state index in [4.69, 9.17) is 14.2 Å². The van der Waals surface area contributed by atoms with Crippen molar-refractivity contribution in [3.8, 4) is 0 Å². The van der Waals surface area contributed by atoms with Crippen molar-refractivity contribution >= 4 is 5.96 Å². The van der Waals surface area contributed by atoms with E-state index in [9.17, 15) is 0 Å². The summed E-state index contributed by atoms with van der Waals surface area (Å²) in [4.78, 5) is 6.92. The minimum atomic E-state index is 0.131. The number of morpholine rings is 1. The second-order valence-corrected chi connectivity index (χ2v) is 7.75. The number of ether oxygens (including phenoxy) is 3. The van der Waals surface area contributed by atoms with Crippen molar-refractivity contribution in [3.63, 3.8) is 0 Å². The zero-order valence-corrected chi connectivity index (χ0v) is 15.0. The number of nitrogens with one attached hydrogen (secondary N) is 1. The Morgan fingerprint density at radius 2 is 2.12 bits per heavy atom. The van der Waals surface area contributed by atoms with Crippen LogP contribution in [0.3, 0.4) is 0 Å². The topological polar surface area (TPSA) is 55.3 Å². The lowest BCUT2D eigenvalue weighted by Crippen LogP contribution is -2.70. The molecule has 0 aromatic carbocycles. The molecule has 24 heavy (non-hydrogen) atoms. The molecule has 2 aliphatic heterocycles. The molecular formula is C18H31N3O3. The van der Waals surface area contributed by atoms with Crippen molar-refractivity contribution in [2.75, 3.05) is 47.1 Å². The monoisotopic (exact) mass is 337 g/mol. The highest BCUT2D eigenvalue weighted by molar-refractivity contribution is 5.80. The van der Waals surface area contributed by atoms with Crippen molar-refractivity contribution in [2.24, 2.45) is 16.3 Å². The zero-order valence-electron chi connectivity index (χ0n) is 15.0. The number of nitrogens with zero attached hydrogens (tertiary/aromatic N) is 2. The third kappa shape index (κ3) is 2.63. The summed E-state index contributed by atoms with van der Waals surface area (Å²) in [6.07, 6.45) is 7.11. The Labute approximate surface area is 144 Å². The van der Waals surface area contributed by atoms with Crippen molar-refractivity contribution in [2.45, 2.75) is 50.4 Å². The van der Waals surface area contributed by atoms with Gasteiger partial charge in [0.1, 0.15) is 0 Å². The molecule has 4 aliphatic rings. The molecule has 4 fully saturated rings. The number of aliphatic imine (C=N–C) groups is 1. The van der Waals surface area contributed by atoms with E-state index in [1.54, 1.807) is 7.11 Å². The summed E-state index contributed by atoms with van der Waals surface area (Å²) in [7, 11) is 3.62. The van der Waals surface area contributed by atoms with Gasteiger partial charge in [-0.3, -0.25) is 4.99 Å². The maximum atomic E-state index is 6.10. The average Bonchev–Trinajstić information content (AvgIpc) is 3.25. The Bertz CT molecular complexity index is 476. The van der Waals surface area contributed by atoms with Gasteiger partial charge in [-0.05, 0) is 19.3 Å². The van der Waals surface area contributed by atoms with Crippen LogP contribution in [0.15, 0.2) is 4.99 Å². The summed E-state index contributed by atoms with van der Waals surface area (Å²) in [5, 5.41) is 3.84. The fourth-order valence-corrected chi connectivity index (χ4v) is 5.54. The maximum Gasteiger partial charge on any atom is 0.194 e. The van der Waals surface area contributed by atoms with Gasteiger partial charge >= 0.3 is 0 Å². The number of hydrogen-bond donors (Lipinski definition) is 1. The molecule has 1 spiro atoms. The summed E-state index contributed by atoms with van der Waals surface area (Å²) < 4.78 is 17.1. The molecule has 2 heterocycles.